The van der Waals surface area contributed by atoms with Crippen LogP contribution in [0.4, 0.5) is 28.4 Å². The van der Waals surface area contributed by atoms with Crippen LogP contribution < -0.4 is 72.5 Å². The summed E-state index contributed by atoms with van der Waals surface area (Å²) in [6.45, 7) is 14.4. The summed E-state index contributed by atoms with van der Waals surface area (Å²) in [7, 11) is -8.23. The van der Waals surface area contributed by atoms with E-state index < -0.39 is 49.6 Å². The molecule has 32 heteroatoms. The molecule has 2 aliphatic rings. The van der Waals surface area contributed by atoms with E-state index in [1.54, 1.807) is 121 Å². The molecule has 7 amide bonds. The minimum absolute atomic E-state index is 0.00442. The number of aromatic nitrogens is 2. The van der Waals surface area contributed by atoms with Crippen molar-refractivity contribution in [1.82, 2.24) is 47.7 Å². The van der Waals surface area contributed by atoms with Crippen LogP contribution in [0.2, 0.25) is 0 Å². The molecule has 0 unspecified atom stereocenters. The van der Waals surface area contributed by atoms with Crippen molar-refractivity contribution in [2.24, 2.45) is 0 Å². The monoisotopic (exact) mass is 1420 g/mol. The number of hydrazine groups is 3. The zero-order valence-electron chi connectivity index (χ0n) is 56.6. The molecule has 2 saturated heterocycles. The van der Waals surface area contributed by atoms with Crippen LogP contribution >= 0.6 is 0 Å². The zero-order chi connectivity index (χ0) is 71.4. The summed E-state index contributed by atoms with van der Waals surface area (Å²) < 4.78 is 73.8. The lowest BCUT2D eigenvalue weighted by Gasteiger charge is -2.26. The Morgan fingerprint density at radius 1 is 0.510 bits per heavy atom. The molecular formula is C68H90N16O14S2+2. The molecule has 2 aliphatic heterocycles. The van der Waals surface area contributed by atoms with E-state index in [1.165, 1.54) is 36.4 Å². The SMILES string of the molecule is Cc1ccc(S(=O)(=O)Nc2ccc(CCCNC(=O)C(=O)NNN3CCOCC3)cc2)c(C)c1NC(=O)C[n+]1cccc(CONCCCCCCNC(=O)c2ccc[n+](CC(=O)Nc3c(C)ccc(S(=O)(=O)Nc4ccc(NNC(=O)C(=O)NCCCN5CCOCC5)cc4)c3C)c2)c1. The summed E-state index contributed by atoms with van der Waals surface area (Å²) >= 11 is 0. The number of sulfonamides is 2. The third kappa shape index (κ3) is 24.1. The van der Waals surface area contributed by atoms with Crippen LogP contribution in [0.1, 0.15) is 82.3 Å². The molecule has 0 spiro atoms. The number of ether oxygens (including phenoxy) is 2. The lowest BCUT2D eigenvalue weighted by molar-refractivity contribution is -0.684. The first kappa shape index (κ1) is 76.2. The molecule has 30 nitrogen and oxygen atoms in total. The van der Waals surface area contributed by atoms with Gasteiger partial charge in [0.05, 0.1) is 48.5 Å². The summed E-state index contributed by atoms with van der Waals surface area (Å²) in [6.07, 6.45) is 11.8. The number of benzene rings is 4. The maximum atomic E-state index is 13.7. The highest BCUT2D eigenvalue weighted by Gasteiger charge is 2.26. The van der Waals surface area contributed by atoms with Gasteiger partial charge >= 0.3 is 23.6 Å². The van der Waals surface area contributed by atoms with Gasteiger partial charge in [0.15, 0.2) is 24.8 Å². The van der Waals surface area contributed by atoms with Crippen molar-refractivity contribution in [3.05, 3.63) is 161 Å². The topological polar surface area (TPSA) is 374 Å². The van der Waals surface area contributed by atoms with Crippen molar-refractivity contribution in [3.8, 4) is 0 Å². The first-order chi connectivity index (χ1) is 48.1. The number of hydrogen-bond acceptors (Lipinski definition) is 19. The lowest BCUT2D eigenvalue weighted by atomic mass is 10.1. The van der Waals surface area contributed by atoms with E-state index in [0.29, 0.717) is 129 Å². The highest BCUT2D eigenvalue weighted by molar-refractivity contribution is 7.93. The average molecular weight is 1420 g/mol. The molecular weight excluding hydrogens is 1330 g/mol. The minimum Gasteiger partial charge on any atom is -0.379 e. The quantitative estimate of drug-likeness (QED) is 0.0118. The second kappa shape index (κ2) is 38.2. The second-order valence-electron chi connectivity index (χ2n) is 24.0. The van der Waals surface area contributed by atoms with Crippen molar-refractivity contribution in [2.75, 3.05) is 111 Å². The first-order valence-corrected chi connectivity index (χ1v) is 36.0. The van der Waals surface area contributed by atoms with Crippen LogP contribution in [0.15, 0.2) is 132 Å². The second-order valence-corrected chi connectivity index (χ2v) is 27.3. The van der Waals surface area contributed by atoms with Crippen molar-refractivity contribution < 1.29 is 73.8 Å². The number of hydroxylamine groups is 1. The van der Waals surface area contributed by atoms with E-state index in [0.717, 1.165) is 56.4 Å². The van der Waals surface area contributed by atoms with Crippen molar-refractivity contribution in [1.29, 1.82) is 0 Å². The number of carbonyl (C=O) groups excluding carboxylic acids is 7. The third-order valence-electron chi connectivity index (χ3n) is 16.3. The fourth-order valence-corrected chi connectivity index (χ4v) is 13.4. The molecule has 0 aliphatic carbocycles. The number of pyridine rings is 2. The highest BCUT2D eigenvalue weighted by Crippen LogP contribution is 2.30. The summed E-state index contributed by atoms with van der Waals surface area (Å²) in [5.41, 5.74) is 18.8. The molecule has 2 fully saturated rings. The Kier molecular flexibility index (Phi) is 29.1. The molecule has 6 aromatic rings. The van der Waals surface area contributed by atoms with E-state index >= 15 is 0 Å². The first-order valence-electron chi connectivity index (χ1n) is 33.1. The van der Waals surface area contributed by atoms with Crippen LogP contribution in [0.5, 0.6) is 0 Å². The number of nitrogens with one attached hydrogen (secondary N) is 12. The van der Waals surface area contributed by atoms with Gasteiger partial charge in [-0.15, -0.1) is 0 Å². The van der Waals surface area contributed by atoms with Crippen LogP contribution in [0.3, 0.4) is 0 Å². The van der Waals surface area contributed by atoms with Crippen LogP contribution in [-0.2, 0) is 89.2 Å². The molecule has 0 atom stereocenters. The third-order valence-corrected chi connectivity index (χ3v) is 19.3. The smallest absolute Gasteiger partial charge is 0.327 e. The van der Waals surface area contributed by atoms with E-state index in [9.17, 15) is 50.4 Å². The van der Waals surface area contributed by atoms with Gasteiger partial charge in [-0.25, -0.2) is 27.3 Å². The standard InChI is InChI=1S/C68H88N16O14S2/c1-48-16-26-58(99(92,93)78-56-20-18-52(19-21-56)13-9-29-70-66(89)68(91)77-80-84-37-41-97-42-38-84)50(3)62(48)73-60(85)45-82-32-10-14-53(43-82)47-98-72-31-8-6-5-7-28-69-64(87)54-15-11-33-83(44-54)46-61(86)74-63-49(2)17-27-59(51(63)4)100(94,95)79-57-24-22-55(23-25-57)75-76-67(90)65(88)71-30-12-34-81-35-39-96-40-36-81/h10-11,14-27,32-33,43-44,72,78H,5-9,12-13,28-31,34-42,45-47H2,1-4H3,(H8-2,69,70,71,73,74,75,76,77,79,80,85,86,87,88,89,90,91)/p+2. The van der Waals surface area contributed by atoms with Gasteiger partial charge in [0.2, 0.25) is 13.1 Å². The predicted molar refractivity (Wildman–Crippen MR) is 372 cm³/mol. The maximum absolute atomic E-state index is 13.7. The van der Waals surface area contributed by atoms with Crippen molar-refractivity contribution in [2.45, 2.75) is 102 Å². The van der Waals surface area contributed by atoms with E-state index in [2.05, 4.69) is 68.2 Å². The average Bonchev–Trinajstić information content (AvgIpc) is 0.794. The fourth-order valence-electron chi connectivity index (χ4n) is 10.8. The Morgan fingerprint density at radius 2 is 1.02 bits per heavy atom. The predicted octanol–water partition coefficient (Wildman–Crippen LogP) is 2.58. The van der Waals surface area contributed by atoms with Gasteiger partial charge in [0.1, 0.15) is 5.56 Å². The molecule has 0 radical (unpaired) electrons. The van der Waals surface area contributed by atoms with E-state index in [-0.39, 0.29) is 53.5 Å². The molecule has 12 N–H and O–H groups in total. The van der Waals surface area contributed by atoms with Gasteiger partial charge in [0.25, 0.3) is 37.8 Å². The molecule has 536 valence electrons. The number of amides is 7. The largest absolute Gasteiger partial charge is 0.379 e. The van der Waals surface area contributed by atoms with Gasteiger partial charge < -0.3 is 36.1 Å². The van der Waals surface area contributed by atoms with Gasteiger partial charge in [-0.1, -0.05) is 37.1 Å². The lowest BCUT2D eigenvalue weighted by Crippen LogP contribution is -2.56. The fraction of sp³-hybridized carbons (Fsp3) is 0.397. The van der Waals surface area contributed by atoms with Gasteiger partial charge in [-0.2, -0.15) is 14.7 Å². The summed E-state index contributed by atoms with van der Waals surface area (Å²) in [5.74, 6) is -4.35. The van der Waals surface area contributed by atoms with Crippen LogP contribution in [-0.4, -0.2) is 153 Å². The molecule has 8 rings (SSSR count). The van der Waals surface area contributed by atoms with Crippen LogP contribution in [0, 0.1) is 27.7 Å². The maximum Gasteiger partial charge on any atom is 0.327 e. The van der Waals surface area contributed by atoms with Crippen molar-refractivity contribution in [3.63, 3.8) is 0 Å². The van der Waals surface area contributed by atoms with Gasteiger partial charge in [-0.05, 0) is 155 Å². The number of hydrogen-bond donors (Lipinski definition) is 12. The van der Waals surface area contributed by atoms with E-state index in [1.807, 2.05) is 6.07 Å². The Bertz CT molecular complexity index is 4040. The molecule has 4 aromatic carbocycles. The minimum atomic E-state index is -4.15. The number of nitrogens with zero attached hydrogens (tertiary/aromatic N) is 4. The van der Waals surface area contributed by atoms with Gasteiger partial charge in [0, 0.05) is 92.8 Å². The summed E-state index contributed by atoms with van der Waals surface area (Å²) in [5, 5.41) is 15.6. The highest BCUT2D eigenvalue weighted by atomic mass is 32.2. The van der Waals surface area contributed by atoms with Crippen LogP contribution in [0.25, 0.3) is 0 Å². The number of anilines is 5. The number of rotatable bonds is 35. The molecule has 4 heterocycles. The summed E-state index contributed by atoms with van der Waals surface area (Å²) in [4.78, 5) is 96.9. The molecule has 0 bridgehead atoms. The normalized spacial score (nSPS) is 13.5. The number of aryl methyl sites for hydroxylation is 3. The Morgan fingerprint density at radius 3 is 1.62 bits per heavy atom. The Balaban J connectivity index is 0.680. The molecule has 100 heavy (non-hydrogen) atoms. The number of unbranched alkanes of at least 4 members (excludes halogenated alkanes) is 3. The number of carbonyl (C=O) groups is 7. The molecule has 0 saturated carbocycles. The Labute approximate surface area is 582 Å². The summed E-state index contributed by atoms with van der Waals surface area (Å²) in [6, 6.07) is 26.0. The molecule has 2 aromatic heterocycles. The number of morpholine rings is 2. The zero-order valence-corrected chi connectivity index (χ0v) is 58.3. The van der Waals surface area contributed by atoms with E-state index in [4.69, 9.17) is 14.3 Å². The van der Waals surface area contributed by atoms with Gasteiger partial charge in [-0.3, -0.25) is 69.0 Å². The van der Waals surface area contributed by atoms with Crippen molar-refractivity contribution >= 4 is 89.8 Å². The Hall–Kier alpha value is -9.51.